The summed E-state index contributed by atoms with van der Waals surface area (Å²) in [4.78, 5) is 36.0. The van der Waals surface area contributed by atoms with Gasteiger partial charge in [0.2, 0.25) is 12.0 Å². The maximum absolute atomic E-state index is 12.1. The molecule has 1 aliphatic heterocycles. The van der Waals surface area contributed by atoms with Gasteiger partial charge in [-0.3, -0.25) is 9.59 Å². The quantitative estimate of drug-likeness (QED) is 0.719. The van der Waals surface area contributed by atoms with E-state index < -0.39 is 24.6 Å². The van der Waals surface area contributed by atoms with E-state index >= 15 is 0 Å². The smallest absolute Gasteiger partial charge is 0.351 e. The predicted octanol–water partition coefficient (Wildman–Crippen LogP) is 1.74. The molecule has 0 fully saturated rings. The normalized spacial score (nSPS) is 14.6. The third-order valence-electron chi connectivity index (χ3n) is 4.31. The number of carbonyl (C=O) groups is 3. The van der Waals surface area contributed by atoms with E-state index in [1.165, 1.54) is 0 Å². The van der Waals surface area contributed by atoms with Crippen LogP contribution in [0.15, 0.2) is 42.5 Å². The molecule has 0 aliphatic carbocycles. The molecule has 2 amide bonds. The van der Waals surface area contributed by atoms with Crippen molar-refractivity contribution in [1.82, 2.24) is 5.32 Å². The van der Waals surface area contributed by atoms with E-state index in [0.29, 0.717) is 17.2 Å². The second kappa shape index (κ2) is 9.09. The minimum absolute atomic E-state index is 0.00432. The molecule has 0 saturated carbocycles. The lowest BCUT2D eigenvalue weighted by Gasteiger charge is -2.24. The highest BCUT2D eigenvalue weighted by Gasteiger charge is 2.29. The summed E-state index contributed by atoms with van der Waals surface area (Å²) < 4.78 is 15.9. The predicted molar refractivity (Wildman–Crippen MR) is 105 cm³/mol. The van der Waals surface area contributed by atoms with E-state index in [1.807, 2.05) is 32.0 Å². The second-order valence-corrected chi connectivity index (χ2v) is 6.56. The molecular formula is C21H22N2O6. The molecule has 0 aromatic heterocycles. The largest absolute Gasteiger partial charge is 0.485 e. The third kappa shape index (κ3) is 5.25. The molecule has 0 saturated heterocycles. The zero-order chi connectivity index (χ0) is 20.8. The summed E-state index contributed by atoms with van der Waals surface area (Å²) in [6.07, 6.45) is -0.954. The Balaban J connectivity index is 1.41. The van der Waals surface area contributed by atoms with Crippen LogP contribution in [0.4, 0.5) is 5.69 Å². The molecule has 1 heterocycles. The number of para-hydroxylation sites is 3. The van der Waals surface area contributed by atoms with Gasteiger partial charge in [0.25, 0.3) is 5.91 Å². The van der Waals surface area contributed by atoms with Crippen LogP contribution in [0, 0.1) is 13.8 Å². The average molecular weight is 398 g/mol. The molecule has 8 nitrogen and oxygen atoms in total. The van der Waals surface area contributed by atoms with Gasteiger partial charge in [-0.2, -0.15) is 0 Å². The maximum atomic E-state index is 12.1. The number of ether oxygens (including phenoxy) is 3. The van der Waals surface area contributed by atoms with E-state index in [9.17, 15) is 14.4 Å². The Bertz CT molecular complexity index is 907. The number of aryl methyl sites for hydroxylation is 2. The minimum atomic E-state index is -0.954. The monoisotopic (exact) mass is 398 g/mol. The summed E-state index contributed by atoms with van der Waals surface area (Å²) in [5.74, 6) is -0.693. The van der Waals surface area contributed by atoms with Gasteiger partial charge in [-0.1, -0.05) is 30.3 Å². The van der Waals surface area contributed by atoms with Gasteiger partial charge >= 0.3 is 5.97 Å². The van der Waals surface area contributed by atoms with Crippen molar-refractivity contribution in [2.45, 2.75) is 20.0 Å². The van der Waals surface area contributed by atoms with Crippen molar-refractivity contribution in [2.24, 2.45) is 0 Å². The van der Waals surface area contributed by atoms with Crippen molar-refractivity contribution in [2.75, 3.05) is 25.1 Å². The average Bonchev–Trinajstić information content (AvgIpc) is 2.72. The van der Waals surface area contributed by atoms with Crippen molar-refractivity contribution in [1.29, 1.82) is 0 Å². The zero-order valence-electron chi connectivity index (χ0n) is 16.2. The number of hydrogen-bond donors (Lipinski definition) is 2. The lowest BCUT2D eigenvalue weighted by Crippen LogP contribution is -2.40. The number of hydrogen-bond acceptors (Lipinski definition) is 6. The fraction of sp³-hybridized carbons (Fsp3) is 0.286. The molecule has 8 heteroatoms. The molecule has 2 aromatic rings. The second-order valence-electron chi connectivity index (χ2n) is 6.56. The number of benzene rings is 2. The Labute approximate surface area is 168 Å². The number of carbonyl (C=O) groups excluding carboxylic acids is 3. The molecule has 3 rings (SSSR count). The van der Waals surface area contributed by atoms with Crippen molar-refractivity contribution >= 4 is 23.5 Å². The van der Waals surface area contributed by atoms with Gasteiger partial charge in [0, 0.05) is 5.69 Å². The van der Waals surface area contributed by atoms with Gasteiger partial charge in [-0.15, -0.1) is 0 Å². The molecule has 1 aliphatic rings. The Morgan fingerprint density at radius 2 is 1.69 bits per heavy atom. The van der Waals surface area contributed by atoms with Gasteiger partial charge in [-0.25, -0.2) is 4.79 Å². The molecule has 2 N–H and O–H groups in total. The first-order chi connectivity index (χ1) is 13.9. The number of fused-ring (bicyclic) bond motifs is 1. The zero-order valence-corrected chi connectivity index (χ0v) is 16.2. The fourth-order valence-corrected chi connectivity index (χ4v) is 2.79. The van der Waals surface area contributed by atoms with Gasteiger partial charge in [0.15, 0.2) is 18.1 Å². The molecular weight excluding hydrogens is 376 g/mol. The minimum Gasteiger partial charge on any atom is -0.485 e. The van der Waals surface area contributed by atoms with Gasteiger partial charge in [0.05, 0.1) is 6.54 Å². The van der Waals surface area contributed by atoms with Crippen molar-refractivity contribution < 1.29 is 28.6 Å². The van der Waals surface area contributed by atoms with E-state index in [-0.39, 0.29) is 19.1 Å². The summed E-state index contributed by atoms with van der Waals surface area (Å²) >= 11 is 0. The molecule has 2 aromatic carbocycles. The Morgan fingerprint density at radius 3 is 2.41 bits per heavy atom. The number of esters is 1. The highest BCUT2D eigenvalue weighted by molar-refractivity contribution is 5.96. The van der Waals surface area contributed by atoms with E-state index in [1.54, 1.807) is 24.3 Å². The van der Waals surface area contributed by atoms with Crippen molar-refractivity contribution in [3.8, 4) is 11.5 Å². The molecule has 0 spiro atoms. The van der Waals surface area contributed by atoms with Crippen LogP contribution in [0.2, 0.25) is 0 Å². The summed E-state index contributed by atoms with van der Waals surface area (Å²) in [7, 11) is 0. The van der Waals surface area contributed by atoms with Gasteiger partial charge in [-0.05, 0) is 37.1 Å². The molecule has 0 radical (unpaired) electrons. The Kier molecular flexibility index (Phi) is 6.33. The molecule has 0 bridgehead atoms. The van der Waals surface area contributed by atoms with Crippen LogP contribution < -0.4 is 20.1 Å². The van der Waals surface area contributed by atoms with Gasteiger partial charge < -0.3 is 24.8 Å². The van der Waals surface area contributed by atoms with Crippen LogP contribution in [-0.4, -0.2) is 43.6 Å². The van der Waals surface area contributed by atoms with E-state index in [4.69, 9.17) is 14.2 Å². The molecule has 29 heavy (non-hydrogen) atoms. The lowest BCUT2D eigenvalue weighted by atomic mass is 10.1. The van der Waals surface area contributed by atoms with E-state index in [0.717, 1.165) is 11.1 Å². The summed E-state index contributed by atoms with van der Waals surface area (Å²) in [6.45, 7) is 3.01. The van der Waals surface area contributed by atoms with E-state index in [2.05, 4.69) is 10.6 Å². The summed E-state index contributed by atoms with van der Waals surface area (Å²) in [5.41, 5.74) is 2.57. The number of nitrogens with one attached hydrogen (secondary N) is 2. The number of anilines is 1. The summed E-state index contributed by atoms with van der Waals surface area (Å²) in [6, 6.07) is 12.6. The van der Waals surface area contributed by atoms with Crippen molar-refractivity contribution in [3.63, 3.8) is 0 Å². The molecule has 0 unspecified atom stereocenters. The Morgan fingerprint density at radius 1 is 1.00 bits per heavy atom. The standard InChI is InChI=1S/C21H22N2O6/c1-13-6-5-7-14(2)20(13)23-18(24)10-22-19(25)12-28-21(26)17-11-27-15-8-3-4-9-16(15)29-17/h3-9,17H,10-12H2,1-2H3,(H,22,25)(H,23,24)/t17-/m0/s1. The van der Waals surface area contributed by atoms with Gasteiger partial charge in [0.1, 0.15) is 6.61 Å². The highest BCUT2D eigenvalue weighted by atomic mass is 16.6. The maximum Gasteiger partial charge on any atom is 0.351 e. The summed E-state index contributed by atoms with van der Waals surface area (Å²) in [5, 5.41) is 5.18. The third-order valence-corrected chi connectivity index (χ3v) is 4.31. The van der Waals surface area contributed by atoms with Crippen molar-refractivity contribution in [3.05, 3.63) is 53.6 Å². The Hall–Kier alpha value is -3.55. The van der Waals surface area contributed by atoms with Crippen LogP contribution in [0.3, 0.4) is 0 Å². The first kappa shape index (κ1) is 20.2. The van der Waals surface area contributed by atoms with Crippen LogP contribution in [0.5, 0.6) is 11.5 Å². The fourth-order valence-electron chi connectivity index (χ4n) is 2.79. The first-order valence-electron chi connectivity index (χ1n) is 9.12. The van der Waals surface area contributed by atoms with Crippen LogP contribution in [0.25, 0.3) is 0 Å². The highest BCUT2D eigenvalue weighted by Crippen LogP contribution is 2.31. The van der Waals surface area contributed by atoms with Crippen LogP contribution >= 0.6 is 0 Å². The number of rotatable bonds is 6. The molecule has 152 valence electrons. The van der Waals surface area contributed by atoms with Crippen LogP contribution in [0.1, 0.15) is 11.1 Å². The first-order valence-corrected chi connectivity index (χ1v) is 9.12. The SMILES string of the molecule is Cc1cccc(C)c1NC(=O)CNC(=O)COC(=O)[C@@H]1COc2ccccc2O1. The molecule has 1 atom stereocenters. The lowest BCUT2D eigenvalue weighted by molar-refractivity contribution is -0.157. The van der Waals surface area contributed by atoms with Crippen LogP contribution in [-0.2, 0) is 19.1 Å². The topological polar surface area (TPSA) is 103 Å². The number of amides is 2.